The first kappa shape index (κ1) is 27.7. The largest absolute Gasteiger partial charge is 0.455 e. The second kappa shape index (κ2) is 10.6. The Kier molecular flexibility index (Phi) is 5.89. The zero-order valence-corrected chi connectivity index (χ0v) is 27.8. The van der Waals surface area contributed by atoms with Crippen LogP contribution in [0.1, 0.15) is 0 Å². The first-order valence-corrected chi connectivity index (χ1v) is 17.9. The fourth-order valence-electron chi connectivity index (χ4n) is 8.25. The highest BCUT2D eigenvalue weighted by molar-refractivity contribution is 7.26. The van der Waals surface area contributed by atoms with E-state index in [1.54, 1.807) is 0 Å². The molecule has 11 aromatic rings. The summed E-state index contributed by atoms with van der Waals surface area (Å²) in [6.07, 6.45) is 0. The van der Waals surface area contributed by atoms with Crippen LogP contribution >= 0.6 is 11.3 Å². The number of hydrogen-bond acceptors (Lipinski definition) is 2. The standard InChI is InChI=1S/C48H28OS/c1-2-12-30(13-3-1)44-35-17-6-8-19-37(35)45(38-20-9-7-18-36(38)44)33-15-10-14-31(27-33)32-21-23-39-43(28-32)50-42-26-24-40-46-34-16-5-4-11-29(34)22-25-41(46)49-48(40)47(39)42/h1-28H. The number of thiophene rings is 1. The van der Waals surface area contributed by atoms with E-state index in [1.165, 1.54) is 96.6 Å². The van der Waals surface area contributed by atoms with Gasteiger partial charge in [0.15, 0.2) is 0 Å². The molecule has 232 valence electrons. The van der Waals surface area contributed by atoms with Crippen LogP contribution in [-0.4, -0.2) is 0 Å². The Morgan fingerprint density at radius 3 is 1.70 bits per heavy atom. The van der Waals surface area contributed by atoms with Gasteiger partial charge in [-0.05, 0) is 96.0 Å². The van der Waals surface area contributed by atoms with Crippen molar-refractivity contribution in [3.8, 4) is 33.4 Å². The van der Waals surface area contributed by atoms with E-state index < -0.39 is 0 Å². The van der Waals surface area contributed by atoms with Crippen molar-refractivity contribution in [2.75, 3.05) is 0 Å². The van der Waals surface area contributed by atoms with Crippen LogP contribution in [0, 0.1) is 0 Å². The molecule has 0 N–H and O–H groups in total. The number of rotatable bonds is 3. The van der Waals surface area contributed by atoms with E-state index in [0.717, 1.165) is 11.2 Å². The molecular formula is C48H28OS. The smallest absolute Gasteiger partial charge is 0.144 e. The summed E-state index contributed by atoms with van der Waals surface area (Å²) < 4.78 is 9.15. The van der Waals surface area contributed by atoms with Gasteiger partial charge in [0.05, 0.1) is 0 Å². The Morgan fingerprint density at radius 1 is 0.340 bits per heavy atom. The van der Waals surface area contributed by atoms with Crippen LogP contribution in [-0.2, 0) is 0 Å². The monoisotopic (exact) mass is 652 g/mol. The second-order valence-electron chi connectivity index (χ2n) is 13.2. The minimum Gasteiger partial charge on any atom is -0.455 e. The molecule has 0 aliphatic carbocycles. The molecule has 50 heavy (non-hydrogen) atoms. The SMILES string of the molecule is c1ccc(-c2c3ccccc3c(-c3cccc(-c4ccc5c(c4)sc4ccc6c(oc7ccc8ccccc8c76)c45)c3)c3ccccc23)cc1. The second-order valence-corrected chi connectivity index (χ2v) is 14.3. The molecule has 0 unspecified atom stereocenters. The number of benzene rings is 9. The summed E-state index contributed by atoms with van der Waals surface area (Å²) in [6.45, 7) is 0. The summed E-state index contributed by atoms with van der Waals surface area (Å²) in [5.41, 5.74) is 9.38. The minimum absolute atomic E-state index is 0.941. The highest BCUT2D eigenvalue weighted by Gasteiger charge is 2.19. The van der Waals surface area contributed by atoms with E-state index in [4.69, 9.17) is 4.42 Å². The van der Waals surface area contributed by atoms with Crippen LogP contribution in [0.2, 0.25) is 0 Å². The molecule has 0 saturated carbocycles. The van der Waals surface area contributed by atoms with Gasteiger partial charge in [-0.2, -0.15) is 0 Å². The van der Waals surface area contributed by atoms with E-state index in [0.29, 0.717) is 0 Å². The Balaban J connectivity index is 1.09. The molecule has 0 aliphatic rings. The van der Waals surface area contributed by atoms with Crippen molar-refractivity contribution in [3.05, 3.63) is 170 Å². The van der Waals surface area contributed by atoms with Gasteiger partial charge in [-0.1, -0.05) is 140 Å². The first-order valence-electron chi connectivity index (χ1n) is 17.1. The Labute approximate surface area is 292 Å². The van der Waals surface area contributed by atoms with Crippen molar-refractivity contribution < 1.29 is 4.42 Å². The molecule has 11 rings (SSSR count). The predicted molar refractivity (Wildman–Crippen MR) is 215 cm³/mol. The molecule has 0 fully saturated rings. The van der Waals surface area contributed by atoms with Gasteiger partial charge in [-0.25, -0.2) is 0 Å². The van der Waals surface area contributed by atoms with Crippen molar-refractivity contribution in [3.63, 3.8) is 0 Å². The average molecular weight is 653 g/mol. The van der Waals surface area contributed by atoms with Gasteiger partial charge >= 0.3 is 0 Å². The lowest BCUT2D eigenvalue weighted by atomic mass is 9.85. The van der Waals surface area contributed by atoms with E-state index >= 15 is 0 Å². The molecule has 0 radical (unpaired) electrons. The number of furan rings is 1. The van der Waals surface area contributed by atoms with Crippen LogP contribution in [0.4, 0.5) is 0 Å². The molecule has 2 heterocycles. The van der Waals surface area contributed by atoms with E-state index in [2.05, 4.69) is 170 Å². The topological polar surface area (TPSA) is 13.1 Å². The normalized spacial score (nSPS) is 12.0. The zero-order chi connectivity index (χ0) is 32.8. The van der Waals surface area contributed by atoms with Gasteiger partial charge in [-0.3, -0.25) is 0 Å². The maximum Gasteiger partial charge on any atom is 0.144 e. The third-order valence-corrected chi connectivity index (χ3v) is 11.6. The molecule has 9 aromatic carbocycles. The molecule has 0 saturated heterocycles. The Bertz CT molecular complexity index is 3090. The molecule has 0 aliphatic heterocycles. The number of fused-ring (bicyclic) bond motifs is 11. The molecule has 0 atom stereocenters. The molecule has 0 amide bonds. The fraction of sp³-hybridized carbons (Fsp3) is 0. The average Bonchev–Trinajstić information content (AvgIpc) is 3.75. The third kappa shape index (κ3) is 4.00. The molecule has 2 aromatic heterocycles. The van der Waals surface area contributed by atoms with Crippen molar-refractivity contribution >= 4 is 85.8 Å². The summed E-state index contributed by atoms with van der Waals surface area (Å²) in [4.78, 5) is 0. The van der Waals surface area contributed by atoms with E-state index in [1.807, 2.05) is 11.3 Å². The molecular weight excluding hydrogens is 625 g/mol. The van der Waals surface area contributed by atoms with Crippen molar-refractivity contribution in [1.82, 2.24) is 0 Å². The van der Waals surface area contributed by atoms with Crippen LogP contribution < -0.4 is 0 Å². The lowest BCUT2D eigenvalue weighted by Gasteiger charge is -2.18. The zero-order valence-electron chi connectivity index (χ0n) is 27.0. The summed E-state index contributed by atoms with van der Waals surface area (Å²) in [6, 6.07) is 61.9. The third-order valence-electron chi connectivity index (χ3n) is 10.4. The first-order chi connectivity index (χ1) is 24.8. The van der Waals surface area contributed by atoms with E-state index in [-0.39, 0.29) is 0 Å². The van der Waals surface area contributed by atoms with Crippen molar-refractivity contribution in [1.29, 1.82) is 0 Å². The van der Waals surface area contributed by atoms with Crippen molar-refractivity contribution in [2.45, 2.75) is 0 Å². The van der Waals surface area contributed by atoms with Crippen LogP contribution in [0.25, 0.3) is 108 Å². The van der Waals surface area contributed by atoms with Gasteiger partial charge in [-0.15, -0.1) is 11.3 Å². The molecule has 0 bridgehead atoms. The number of hydrogen-bond donors (Lipinski definition) is 0. The summed E-state index contributed by atoms with van der Waals surface area (Å²) >= 11 is 1.84. The van der Waals surface area contributed by atoms with Gasteiger partial charge in [0.1, 0.15) is 11.2 Å². The van der Waals surface area contributed by atoms with E-state index in [9.17, 15) is 0 Å². The lowest BCUT2D eigenvalue weighted by Crippen LogP contribution is -1.91. The maximum atomic E-state index is 6.63. The highest BCUT2D eigenvalue weighted by Crippen LogP contribution is 2.46. The predicted octanol–water partition coefficient (Wildman–Crippen LogP) is 14.4. The summed E-state index contributed by atoms with van der Waals surface area (Å²) in [5.74, 6) is 0. The maximum absolute atomic E-state index is 6.63. The van der Waals surface area contributed by atoms with Gasteiger partial charge in [0, 0.05) is 30.9 Å². The molecule has 2 heteroatoms. The highest BCUT2D eigenvalue weighted by atomic mass is 32.1. The van der Waals surface area contributed by atoms with Crippen molar-refractivity contribution in [2.24, 2.45) is 0 Å². The van der Waals surface area contributed by atoms with Crippen LogP contribution in [0.15, 0.2) is 174 Å². The fourth-order valence-corrected chi connectivity index (χ4v) is 9.40. The summed E-state index contributed by atoms with van der Waals surface area (Å²) in [5, 5.41) is 12.4. The minimum atomic E-state index is 0.941. The lowest BCUT2D eigenvalue weighted by molar-refractivity contribution is 0.673. The van der Waals surface area contributed by atoms with Gasteiger partial charge in [0.2, 0.25) is 0 Å². The van der Waals surface area contributed by atoms with Gasteiger partial charge < -0.3 is 4.42 Å². The summed E-state index contributed by atoms with van der Waals surface area (Å²) in [7, 11) is 0. The molecule has 0 spiro atoms. The van der Waals surface area contributed by atoms with Gasteiger partial charge in [0.25, 0.3) is 0 Å². The quantitative estimate of drug-likeness (QED) is 0.173. The van der Waals surface area contributed by atoms with Crippen LogP contribution in [0.5, 0.6) is 0 Å². The molecule has 1 nitrogen and oxygen atoms in total. The Hall–Kier alpha value is -6.22. The Morgan fingerprint density at radius 2 is 0.940 bits per heavy atom. The van der Waals surface area contributed by atoms with Crippen LogP contribution in [0.3, 0.4) is 0 Å².